The third kappa shape index (κ3) is 2.16. The number of benzene rings is 2. The van der Waals surface area contributed by atoms with Crippen molar-refractivity contribution < 1.29 is 4.92 Å². The van der Waals surface area contributed by atoms with Crippen LogP contribution in [0.3, 0.4) is 0 Å². The number of rotatable bonds is 2. The van der Waals surface area contributed by atoms with Gasteiger partial charge in [0.1, 0.15) is 11.2 Å². The monoisotopic (exact) mass is 359 g/mol. The number of aromatic nitrogens is 2. The zero-order valence-corrected chi connectivity index (χ0v) is 14.6. The summed E-state index contributed by atoms with van der Waals surface area (Å²) < 4.78 is 0. The molecule has 0 amide bonds. The number of nitro groups is 1. The molecular weight excluding hydrogens is 342 g/mol. The number of hydrogen-bond acceptors (Lipinski definition) is 5. The number of nitrogens with one attached hydrogen (secondary N) is 1. The fourth-order valence-electron chi connectivity index (χ4n) is 4.67. The Labute approximate surface area is 155 Å². The van der Waals surface area contributed by atoms with Gasteiger partial charge in [-0.05, 0) is 36.6 Å². The zero-order valence-electron chi connectivity index (χ0n) is 14.6. The van der Waals surface area contributed by atoms with E-state index in [0.717, 1.165) is 41.7 Å². The van der Waals surface area contributed by atoms with Crippen LogP contribution in [0.1, 0.15) is 24.2 Å². The van der Waals surface area contributed by atoms with Crippen molar-refractivity contribution in [3.8, 4) is 6.07 Å². The van der Waals surface area contributed by atoms with E-state index in [9.17, 15) is 15.4 Å². The lowest BCUT2D eigenvalue weighted by Crippen LogP contribution is -2.52. The second-order valence-corrected chi connectivity index (χ2v) is 7.28. The lowest BCUT2D eigenvalue weighted by Gasteiger charge is -2.43. The number of fused-ring (bicyclic) bond motifs is 4. The van der Waals surface area contributed by atoms with E-state index >= 15 is 0 Å². The summed E-state index contributed by atoms with van der Waals surface area (Å²) in [5.74, 6) is 0.653. The number of nitrogens with zero attached hydrogens (tertiary/aromatic N) is 4. The highest BCUT2D eigenvalue weighted by molar-refractivity contribution is 5.76. The van der Waals surface area contributed by atoms with Crippen LogP contribution < -0.4 is 4.90 Å². The lowest BCUT2D eigenvalue weighted by molar-refractivity contribution is -0.384. The summed E-state index contributed by atoms with van der Waals surface area (Å²) in [6, 6.07) is 15.3. The van der Waals surface area contributed by atoms with Crippen molar-refractivity contribution >= 4 is 22.4 Å². The van der Waals surface area contributed by atoms with Gasteiger partial charge in [0.15, 0.2) is 0 Å². The number of aromatic amines is 1. The highest BCUT2D eigenvalue weighted by atomic mass is 16.6. The Hall–Kier alpha value is -3.40. The minimum absolute atomic E-state index is 0.0111. The molecule has 7 heteroatoms. The Kier molecular flexibility index (Phi) is 3.25. The Balaban J connectivity index is 1.71. The molecule has 27 heavy (non-hydrogen) atoms. The molecule has 3 heterocycles. The maximum Gasteiger partial charge on any atom is 0.269 e. The van der Waals surface area contributed by atoms with Crippen molar-refractivity contribution in [1.29, 1.82) is 5.26 Å². The number of para-hydroxylation sites is 2. The summed E-state index contributed by atoms with van der Waals surface area (Å²) >= 11 is 0. The Morgan fingerprint density at radius 3 is 2.96 bits per heavy atom. The van der Waals surface area contributed by atoms with Gasteiger partial charge in [0.05, 0.1) is 28.1 Å². The van der Waals surface area contributed by atoms with E-state index in [4.69, 9.17) is 4.98 Å². The molecule has 3 aromatic rings. The first-order chi connectivity index (χ1) is 13.1. The predicted molar refractivity (Wildman–Crippen MR) is 101 cm³/mol. The summed E-state index contributed by atoms with van der Waals surface area (Å²) in [4.78, 5) is 21.2. The zero-order chi connectivity index (χ0) is 18.6. The van der Waals surface area contributed by atoms with Crippen LogP contribution in [0.4, 0.5) is 11.4 Å². The molecule has 7 nitrogen and oxygen atoms in total. The Bertz CT molecular complexity index is 1080. The first kappa shape index (κ1) is 15.8. The molecule has 134 valence electrons. The summed E-state index contributed by atoms with van der Waals surface area (Å²) in [7, 11) is 0. The number of nitriles is 1. The molecule has 0 saturated carbocycles. The van der Waals surface area contributed by atoms with Crippen LogP contribution in [0.25, 0.3) is 11.0 Å². The largest absolute Gasteiger partial charge is 0.366 e. The van der Waals surface area contributed by atoms with Crippen molar-refractivity contribution in [2.75, 3.05) is 11.4 Å². The second-order valence-electron chi connectivity index (χ2n) is 7.28. The standard InChI is InChI=1S/C20H17N5O2/c21-12-20(19-22-15-4-1-2-5-16(15)23-19)11-13-10-14(25(26)27)7-8-17(13)24-9-3-6-18(20)24/h1-2,4-5,7-8,10,18H,3,6,9,11H2,(H,22,23)/t18-,20-/m1/s1. The number of hydrogen-bond donors (Lipinski definition) is 1. The van der Waals surface area contributed by atoms with Gasteiger partial charge in [-0.1, -0.05) is 12.1 Å². The van der Waals surface area contributed by atoms with Crippen molar-refractivity contribution in [2.24, 2.45) is 0 Å². The third-order valence-electron chi connectivity index (χ3n) is 5.89. The molecule has 1 aromatic heterocycles. The first-order valence-electron chi connectivity index (χ1n) is 9.03. The Morgan fingerprint density at radius 1 is 1.33 bits per heavy atom. The molecule has 0 radical (unpaired) electrons. The molecule has 0 unspecified atom stereocenters. The Morgan fingerprint density at radius 2 is 2.19 bits per heavy atom. The smallest absolute Gasteiger partial charge is 0.269 e. The summed E-state index contributed by atoms with van der Waals surface area (Å²) in [5.41, 5.74) is 2.78. The molecule has 1 fully saturated rings. The molecule has 2 aromatic carbocycles. The molecule has 0 spiro atoms. The molecule has 0 aliphatic carbocycles. The fourth-order valence-corrected chi connectivity index (χ4v) is 4.67. The average Bonchev–Trinajstić information content (AvgIpc) is 3.34. The summed E-state index contributed by atoms with van der Waals surface area (Å²) in [6.45, 7) is 0.846. The molecular formula is C20H17N5O2. The van der Waals surface area contributed by atoms with E-state index in [-0.39, 0.29) is 16.7 Å². The van der Waals surface area contributed by atoms with Gasteiger partial charge >= 0.3 is 0 Å². The molecule has 2 aliphatic rings. The van der Waals surface area contributed by atoms with Gasteiger partial charge in [0.25, 0.3) is 5.69 Å². The normalized spacial score (nSPS) is 23.7. The van der Waals surface area contributed by atoms with Crippen molar-refractivity contribution in [3.05, 3.63) is 64.0 Å². The van der Waals surface area contributed by atoms with Crippen LogP contribution in [0.5, 0.6) is 0 Å². The second kappa shape index (κ2) is 5.55. The first-order valence-corrected chi connectivity index (χ1v) is 9.03. The lowest BCUT2D eigenvalue weighted by atomic mass is 9.71. The minimum Gasteiger partial charge on any atom is -0.366 e. The topological polar surface area (TPSA) is 98.8 Å². The van der Waals surface area contributed by atoms with Crippen LogP contribution >= 0.6 is 0 Å². The van der Waals surface area contributed by atoms with E-state index in [1.54, 1.807) is 12.1 Å². The summed E-state index contributed by atoms with van der Waals surface area (Å²) in [6.07, 6.45) is 2.31. The van der Waals surface area contributed by atoms with E-state index in [2.05, 4.69) is 16.0 Å². The number of non-ortho nitro benzene ring substituents is 1. The van der Waals surface area contributed by atoms with Gasteiger partial charge in [-0.2, -0.15) is 5.26 Å². The van der Waals surface area contributed by atoms with Crippen LogP contribution in [-0.4, -0.2) is 27.5 Å². The third-order valence-corrected chi connectivity index (χ3v) is 5.89. The van der Waals surface area contributed by atoms with Crippen LogP contribution in [0, 0.1) is 21.4 Å². The minimum atomic E-state index is -0.849. The molecule has 5 rings (SSSR count). The maximum absolute atomic E-state index is 11.2. The quantitative estimate of drug-likeness (QED) is 0.558. The van der Waals surface area contributed by atoms with Crippen molar-refractivity contribution in [1.82, 2.24) is 9.97 Å². The van der Waals surface area contributed by atoms with Gasteiger partial charge < -0.3 is 9.88 Å². The number of imidazole rings is 1. The fraction of sp³-hybridized carbons (Fsp3) is 0.300. The highest BCUT2D eigenvalue weighted by Crippen LogP contribution is 2.47. The number of anilines is 1. The van der Waals surface area contributed by atoms with Gasteiger partial charge in [-0.3, -0.25) is 10.1 Å². The maximum atomic E-state index is 11.2. The van der Waals surface area contributed by atoms with Crippen molar-refractivity contribution in [2.45, 2.75) is 30.7 Å². The van der Waals surface area contributed by atoms with Crippen LogP contribution in [0.15, 0.2) is 42.5 Å². The average molecular weight is 359 g/mol. The number of nitro benzene ring substituents is 1. The van der Waals surface area contributed by atoms with Crippen molar-refractivity contribution in [3.63, 3.8) is 0 Å². The molecule has 2 atom stereocenters. The highest BCUT2D eigenvalue weighted by Gasteiger charge is 2.52. The molecule has 0 bridgehead atoms. The number of H-pyrrole nitrogens is 1. The van der Waals surface area contributed by atoms with E-state index in [1.165, 1.54) is 0 Å². The predicted octanol–water partition coefficient (Wildman–Crippen LogP) is 3.46. The van der Waals surface area contributed by atoms with E-state index in [1.807, 2.05) is 30.3 Å². The van der Waals surface area contributed by atoms with E-state index < -0.39 is 5.41 Å². The SMILES string of the molecule is N#C[C@]1(c2nc3ccccc3[nH]2)Cc2cc([N+](=O)[O-])ccc2N2CCC[C@@H]21. The van der Waals surface area contributed by atoms with Crippen LogP contribution in [0.2, 0.25) is 0 Å². The van der Waals surface area contributed by atoms with Gasteiger partial charge in [-0.15, -0.1) is 0 Å². The molecule has 1 saturated heterocycles. The van der Waals surface area contributed by atoms with Crippen LogP contribution in [-0.2, 0) is 11.8 Å². The van der Waals surface area contributed by atoms with Gasteiger partial charge in [0.2, 0.25) is 0 Å². The van der Waals surface area contributed by atoms with Gasteiger partial charge in [0, 0.05) is 30.8 Å². The van der Waals surface area contributed by atoms with Gasteiger partial charge in [-0.25, -0.2) is 4.98 Å². The summed E-state index contributed by atoms with van der Waals surface area (Å²) in [5, 5.41) is 21.5. The molecule has 2 aliphatic heterocycles. The molecule has 1 N–H and O–H groups in total. The van der Waals surface area contributed by atoms with E-state index in [0.29, 0.717) is 12.2 Å².